The van der Waals surface area contributed by atoms with Crippen molar-refractivity contribution < 1.29 is 10.2 Å². The van der Waals surface area contributed by atoms with Gasteiger partial charge in [0, 0.05) is 11.1 Å². The van der Waals surface area contributed by atoms with Crippen molar-refractivity contribution in [2.24, 2.45) is 20.0 Å². The number of hydrogen-bond acceptors (Lipinski definition) is 6. The normalized spacial score (nSPS) is 19.1. The molecule has 0 radical (unpaired) electrons. The molecule has 0 atom stereocenters. The Morgan fingerprint density at radius 1 is 0.421 bits per heavy atom. The highest BCUT2D eigenvalue weighted by molar-refractivity contribution is 6.34. The summed E-state index contributed by atoms with van der Waals surface area (Å²) in [5, 5.41) is 19.7. The van der Waals surface area contributed by atoms with Crippen LogP contribution in [0.4, 0.5) is 0 Å². The summed E-state index contributed by atoms with van der Waals surface area (Å²) >= 11 is 0. The molecule has 5 heterocycles. The first kappa shape index (κ1) is 21.9. The zero-order chi connectivity index (χ0) is 25.6. The van der Waals surface area contributed by atoms with Crippen LogP contribution in [0.3, 0.4) is 0 Å². The van der Waals surface area contributed by atoms with Crippen molar-refractivity contribution in [1.82, 2.24) is 0 Å². The number of aromatic hydroxyl groups is 2. The van der Waals surface area contributed by atoms with E-state index in [1.807, 2.05) is 85.0 Å². The fraction of sp³-hybridized carbons (Fsp3) is 0. The summed E-state index contributed by atoms with van der Waals surface area (Å²) in [4.78, 5) is 19.6. The first-order chi connectivity index (χ1) is 18.6. The lowest BCUT2D eigenvalue weighted by Crippen LogP contribution is -2.00. The van der Waals surface area contributed by atoms with Gasteiger partial charge in [0.2, 0.25) is 0 Å². The SMILES string of the molecule is Oc1ccc(C2=C3C=CC(=N3)C=C3C=CC(=N3)C(c3ccc(O)cc3)=C3C=CC(=N3)C=C3C=CC2=N3)cc1. The van der Waals surface area contributed by atoms with Gasteiger partial charge in [-0.2, -0.15) is 0 Å². The molecule has 0 amide bonds. The molecule has 5 aliphatic heterocycles. The summed E-state index contributed by atoms with van der Waals surface area (Å²) in [6, 6.07) is 14.2. The summed E-state index contributed by atoms with van der Waals surface area (Å²) in [6.45, 7) is 0. The Morgan fingerprint density at radius 2 is 0.842 bits per heavy atom. The molecule has 2 N–H and O–H groups in total. The molecule has 0 aromatic heterocycles. The molecule has 2 aromatic rings. The van der Waals surface area contributed by atoms with Crippen molar-refractivity contribution in [3.63, 3.8) is 0 Å². The van der Waals surface area contributed by atoms with Gasteiger partial charge in [-0.1, -0.05) is 24.3 Å². The van der Waals surface area contributed by atoms with Gasteiger partial charge in [-0.15, -0.1) is 0 Å². The molecule has 0 aliphatic carbocycles. The second-order valence-corrected chi connectivity index (χ2v) is 9.15. The third kappa shape index (κ3) is 3.94. The summed E-state index contributed by atoms with van der Waals surface area (Å²) in [5.74, 6) is 0.410. The maximum Gasteiger partial charge on any atom is 0.115 e. The number of nitrogens with zero attached hydrogens (tertiary/aromatic N) is 4. The predicted molar refractivity (Wildman–Crippen MR) is 153 cm³/mol. The molecule has 7 rings (SSSR count). The molecule has 0 saturated carbocycles. The third-order valence-corrected chi connectivity index (χ3v) is 6.57. The van der Waals surface area contributed by atoms with Crippen LogP contribution >= 0.6 is 0 Å². The fourth-order valence-electron chi connectivity index (χ4n) is 4.80. The lowest BCUT2D eigenvalue weighted by atomic mass is 9.99. The molecule has 8 bridgehead atoms. The van der Waals surface area contributed by atoms with Gasteiger partial charge in [0.05, 0.1) is 45.6 Å². The van der Waals surface area contributed by atoms with E-state index in [9.17, 15) is 10.2 Å². The van der Waals surface area contributed by atoms with Crippen LogP contribution in [0.15, 0.2) is 152 Å². The molecule has 0 fully saturated rings. The Hall–Kier alpha value is -5.36. The molecule has 180 valence electrons. The number of phenols is 2. The Labute approximate surface area is 218 Å². The van der Waals surface area contributed by atoms with Crippen LogP contribution in [-0.4, -0.2) is 33.1 Å². The number of fused-ring (bicyclic) bond motifs is 4. The standard InChI is InChI=1S/C32H20N4O2/c37-25-9-1-19(2-10-25)31-27-13-5-21(33-27)17-23-7-15-29(35-23)32(20-3-11-26(38)12-4-20)30-16-8-24(36-30)18-22-6-14-28(31)34-22/h1-18,37-38H. The van der Waals surface area contributed by atoms with Gasteiger partial charge in [-0.3, -0.25) is 0 Å². The summed E-state index contributed by atoms with van der Waals surface area (Å²) in [7, 11) is 0. The van der Waals surface area contributed by atoms with Crippen molar-refractivity contribution in [3.05, 3.63) is 143 Å². The van der Waals surface area contributed by atoms with E-state index in [1.165, 1.54) is 0 Å². The van der Waals surface area contributed by atoms with Crippen LogP contribution in [0.1, 0.15) is 11.1 Å². The van der Waals surface area contributed by atoms with Crippen LogP contribution in [0.5, 0.6) is 11.5 Å². The van der Waals surface area contributed by atoms with E-state index >= 15 is 0 Å². The lowest BCUT2D eigenvalue weighted by Gasteiger charge is -2.09. The second-order valence-electron chi connectivity index (χ2n) is 9.15. The number of benzene rings is 2. The average molecular weight is 493 g/mol. The largest absolute Gasteiger partial charge is 0.508 e. The van der Waals surface area contributed by atoms with E-state index in [1.54, 1.807) is 24.3 Å². The summed E-state index contributed by atoms with van der Waals surface area (Å²) in [5.41, 5.74) is 9.87. The van der Waals surface area contributed by atoms with Crippen molar-refractivity contribution in [2.45, 2.75) is 0 Å². The lowest BCUT2D eigenvalue weighted by molar-refractivity contribution is 0.474. The predicted octanol–water partition coefficient (Wildman–Crippen LogP) is 6.04. The minimum absolute atomic E-state index is 0.205. The number of hydrogen-bond donors (Lipinski definition) is 2. The number of rotatable bonds is 2. The first-order valence-electron chi connectivity index (χ1n) is 12.2. The molecule has 2 aromatic carbocycles. The molecular weight excluding hydrogens is 472 g/mol. The van der Waals surface area contributed by atoms with Crippen molar-refractivity contribution in [1.29, 1.82) is 0 Å². The van der Waals surface area contributed by atoms with Gasteiger partial charge in [0.25, 0.3) is 0 Å². The monoisotopic (exact) mass is 492 g/mol. The quantitative estimate of drug-likeness (QED) is 0.535. The molecular formula is C32H20N4O2. The topological polar surface area (TPSA) is 89.9 Å². The maximum absolute atomic E-state index is 9.83. The smallest absolute Gasteiger partial charge is 0.115 e. The van der Waals surface area contributed by atoms with E-state index < -0.39 is 0 Å². The fourth-order valence-corrected chi connectivity index (χ4v) is 4.80. The van der Waals surface area contributed by atoms with Gasteiger partial charge in [0.15, 0.2) is 0 Å². The Bertz CT molecular complexity index is 1650. The van der Waals surface area contributed by atoms with E-state index in [0.29, 0.717) is 0 Å². The van der Waals surface area contributed by atoms with E-state index in [0.717, 1.165) is 67.9 Å². The summed E-state index contributed by atoms with van der Waals surface area (Å²) in [6.07, 6.45) is 19.7. The zero-order valence-electron chi connectivity index (χ0n) is 20.1. The average Bonchev–Trinajstić information content (AvgIpc) is 3.72. The van der Waals surface area contributed by atoms with Crippen molar-refractivity contribution >= 4 is 34.0 Å². The highest BCUT2D eigenvalue weighted by Crippen LogP contribution is 2.33. The Kier molecular flexibility index (Phi) is 4.97. The molecule has 6 nitrogen and oxygen atoms in total. The highest BCUT2D eigenvalue weighted by atomic mass is 16.3. The van der Waals surface area contributed by atoms with Crippen LogP contribution in [-0.2, 0) is 0 Å². The molecule has 6 heteroatoms. The van der Waals surface area contributed by atoms with Crippen molar-refractivity contribution in [3.8, 4) is 11.5 Å². The molecule has 0 unspecified atom stereocenters. The third-order valence-electron chi connectivity index (χ3n) is 6.57. The minimum atomic E-state index is 0.205. The highest BCUT2D eigenvalue weighted by Gasteiger charge is 2.22. The number of aliphatic imine (C=N–C) groups is 4. The van der Waals surface area contributed by atoms with Gasteiger partial charge in [-0.25, -0.2) is 20.0 Å². The van der Waals surface area contributed by atoms with Gasteiger partial charge < -0.3 is 10.2 Å². The van der Waals surface area contributed by atoms with Crippen LogP contribution in [0, 0.1) is 0 Å². The van der Waals surface area contributed by atoms with Gasteiger partial charge in [-0.05, 0) is 96.2 Å². The zero-order valence-corrected chi connectivity index (χ0v) is 20.1. The molecule has 38 heavy (non-hydrogen) atoms. The molecule has 5 aliphatic rings. The van der Waals surface area contributed by atoms with Crippen LogP contribution in [0.25, 0.3) is 11.1 Å². The van der Waals surface area contributed by atoms with E-state index in [-0.39, 0.29) is 11.5 Å². The number of allylic oxidation sites excluding steroid dienone is 12. The van der Waals surface area contributed by atoms with E-state index in [2.05, 4.69) is 0 Å². The van der Waals surface area contributed by atoms with Gasteiger partial charge >= 0.3 is 0 Å². The van der Waals surface area contributed by atoms with Crippen molar-refractivity contribution in [2.75, 3.05) is 0 Å². The first-order valence-corrected chi connectivity index (χ1v) is 12.2. The van der Waals surface area contributed by atoms with Gasteiger partial charge in [0.1, 0.15) is 11.5 Å². The second kappa shape index (κ2) is 8.64. The maximum atomic E-state index is 9.83. The minimum Gasteiger partial charge on any atom is -0.508 e. The Balaban J connectivity index is 1.43. The number of phenolic OH excluding ortho intramolecular Hbond substituents is 2. The Morgan fingerprint density at radius 3 is 1.26 bits per heavy atom. The van der Waals surface area contributed by atoms with Crippen LogP contribution < -0.4 is 0 Å². The van der Waals surface area contributed by atoms with Crippen LogP contribution in [0.2, 0.25) is 0 Å². The summed E-state index contributed by atoms with van der Waals surface area (Å²) < 4.78 is 0. The van der Waals surface area contributed by atoms with E-state index in [4.69, 9.17) is 20.0 Å². The molecule has 0 spiro atoms. The molecule has 0 saturated heterocycles.